The average molecular weight is 523 g/mol. The Labute approximate surface area is 216 Å². The van der Waals surface area contributed by atoms with Gasteiger partial charge in [0.05, 0.1) is 28.0 Å². The second kappa shape index (κ2) is 10.3. The Hall–Kier alpha value is -2.85. The van der Waals surface area contributed by atoms with Crippen LogP contribution in [-0.4, -0.2) is 42.0 Å². The molecule has 1 fully saturated rings. The van der Waals surface area contributed by atoms with Gasteiger partial charge < -0.3 is 14.9 Å². The molecule has 2 aromatic carbocycles. The summed E-state index contributed by atoms with van der Waals surface area (Å²) in [5.41, 5.74) is 7.88. The van der Waals surface area contributed by atoms with Gasteiger partial charge >= 0.3 is 0 Å². The first-order chi connectivity index (χ1) is 17.4. The molecule has 1 aliphatic carbocycles. The fourth-order valence-corrected chi connectivity index (χ4v) is 6.89. The van der Waals surface area contributed by atoms with Crippen molar-refractivity contribution < 1.29 is 13.2 Å². The summed E-state index contributed by atoms with van der Waals surface area (Å²) in [4.78, 5) is 5.04. The molecule has 5 rings (SSSR count). The maximum atomic E-state index is 13.0. The van der Waals surface area contributed by atoms with Crippen LogP contribution in [0.4, 0.5) is 0 Å². The number of fused-ring (bicyclic) bond motifs is 2. The van der Waals surface area contributed by atoms with Gasteiger partial charge in [-0.1, -0.05) is 67.5 Å². The number of nitrogens with one attached hydrogen (secondary N) is 1. The minimum absolute atomic E-state index is 0.163. The molecule has 0 amide bonds. The SMILES string of the molecule is NC(=S)C1(Cc2ccc3nccn3c2)CCCCC1OCCNS(=O)(=O)c1cccc2ccccc12. The van der Waals surface area contributed by atoms with Gasteiger partial charge in [-0.2, -0.15) is 0 Å². The van der Waals surface area contributed by atoms with Crippen molar-refractivity contribution in [3.63, 3.8) is 0 Å². The van der Waals surface area contributed by atoms with E-state index in [-0.39, 0.29) is 24.2 Å². The zero-order chi connectivity index (χ0) is 25.2. The number of benzene rings is 2. The number of ether oxygens (including phenoxy) is 1. The van der Waals surface area contributed by atoms with Crippen molar-refractivity contribution >= 4 is 43.6 Å². The van der Waals surface area contributed by atoms with Gasteiger partial charge in [0.1, 0.15) is 5.65 Å². The standard InChI is InChI=1S/C27H30N4O3S2/c28-26(35)27(18-20-11-12-25-29-14-16-31(25)19-20)13-4-3-10-24(27)34-17-15-30-36(32,33)23-9-5-7-21-6-1-2-8-22(21)23/h1-2,5-9,11-12,14,16,19,24,30H,3-4,10,13,15,17-18H2,(H2,28,35). The predicted molar refractivity (Wildman–Crippen MR) is 145 cm³/mol. The molecular weight excluding hydrogens is 492 g/mol. The first-order valence-electron chi connectivity index (χ1n) is 12.2. The highest BCUT2D eigenvalue weighted by molar-refractivity contribution is 7.89. The zero-order valence-corrected chi connectivity index (χ0v) is 21.6. The number of rotatable bonds is 9. The molecule has 2 heterocycles. The van der Waals surface area contributed by atoms with Gasteiger partial charge in [-0.15, -0.1) is 0 Å². The highest BCUT2D eigenvalue weighted by atomic mass is 32.2. The molecule has 0 bridgehead atoms. The van der Waals surface area contributed by atoms with E-state index >= 15 is 0 Å². The van der Waals surface area contributed by atoms with Crippen molar-refractivity contribution in [3.05, 3.63) is 78.8 Å². The van der Waals surface area contributed by atoms with Crippen LogP contribution >= 0.6 is 12.2 Å². The summed E-state index contributed by atoms with van der Waals surface area (Å²) in [6.45, 7) is 0.399. The highest BCUT2D eigenvalue weighted by Gasteiger charge is 2.44. The summed E-state index contributed by atoms with van der Waals surface area (Å²) in [5, 5.41) is 1.58. The van der Waals surface area contributed by atoms with Crippen LogP contribution < -0.4 is 10.5 Å². The molecule has 4 aromatic rings. The van der Waals surface area contributed by atoms with Crippen molar-refractivity contribution in [3.8, 4) is 0 Å². The monoisotopic (exact) mass is 522 g/mol. The molecule has 36 heavy (non-hydrogen) atoms. The van der Waals surface area contributed by atoms with E-state index in [0.29, 0.717) is 16.8 Å². The van der Waals surface area contributed by atoms with Gasteiger partial charge in [0.25, 0.3) is 0 Å². The highest BCUT2D eigenvalue weighted by Crippen LogP contribution is 2.42. The summed E-state index contributed by atoms with van der Waals surface area (Å²) < 4.78 is 37.1. The van der Waals surface area contributed by atoms with E-state index in [0.717, 1.165) is 42.3 Å². The van der Waals surface area contributed by atoms with E-state index in [2.05, 4.69) is 22.0 Å². The molecule has 1 saturated carbocycles. The number of sulfonamides is 1. The van der Waals surface area contributed by atoms with E-state index in [1.54, 1.807) is 18.3 Å². The Bertz CT molecular complexity index is 1500. The maximum Gasteiger partial charge on any atom is 0.241 e. The second-order valence-corrected chi connectivity index (χ2v) is 11.6. The van der Waals surface area contributed by atoms with Crippen LogP contribution in [0.2, 0.25) is 0 Å². The third-order valence-corrected chi connectivity index (χ3v) is 9.09. The first kappa shape index (κ1) is 24.8. The number of aromatic nitrogens is 2. The van der Waals surface area contributed by atoms with Gasteiger partial charge in [-0.25, -0.2) is 18.1 Å². The fraction of sp³-hybridized carbons (Fsp3) is 0.333. The molecule has 188 valence electrons. The Kier molecular flexibility index (Phi) is 7.07. The van der Waals surface area contributed by atoms with Gasteiger partial charge in [-0.3, -0.25) is 0 Å². The zero-order valence-electron chi connectivity index (χ0n) is 20.0. The lowest BCUT2D eigenvalue weighted by Gasteiger charge is -2.43. The Morgan fingerprint density at radius 1 is 1.17 bits per heavy atom. The van der Waals surface area contributed by atoms with Crippen LogP contribution in [0.3, 0.4) is 0 Å². The smallest absolute Gasteiger partial charge is 0.241 e. The molecule has 9 heteroatoms. The van der Waals surface area contributed by atoms with Crippen LogP contribution in [0.25, 0.3) is 16.4 Å². The van der Waals surface area contributed by atoms with Gasteiger partial charge in [-0.05, 0) is 42.3 Å². The molecular formula is C27H30N4O3S2. The lowest BCUT2D eigenvalue weighted by atomic mass is 9.68. The number of nitrogens with zero attached hydrogens (tertiary/aromatic N) is 2. The van der Waals surface area contributed by atoms with E-state index in [1.807, 2.05) is 47.0 Å². The number of imidazole rings is 1. The lowest BCUT2D eigenvalue weighted by Crippen LogP contribution is -2.50. The molecule has 2 unspecified atom stereocenters. The number of nitrogens with two attached hydrogens (primary N) is 1. The minimum atomic E-state index is -3.69. The number of thiocarbonyl (C=S) groups is 1. The second-order valence-electron chi connectivity index (χ2n) is 9.41. The molecule has 7 nitrogen and oxygen atoms in total. The largest absolute Gasteiger partial charge is 0.393 e. The van der Waals surface area contributed by atoms with Crippen LogP contribution in [-0.2, 0) is 21.2 Å². The lowest BCUT2D eigenvalue weighted by molar-refractivity contribution is -0.0324. The quantitative estimate of drug-likeness (QED) is 0.252. The van der Waals surface area contributed by atoms with Crippen molar-refractivity contribution in [1.82, 2.24) is 14.1 Å². The number of hydrogen-bond acceptors (Lipinski definition) is 5. The van der Waals surface area contributed by atoms with Crippen LogP contribution in [0.1, 0.15) is 31.2 Å². The third kappa shape index (κ3) is 4.88. The Morgan fingerprint density at radius 2 is 2.00 bits per heavy atom. The molecule has 1 aliphatic rings. The summed E-state index contributed by atoms with van der Waals surface area (Å²) in [6.07, 6.45) is 9.98. The Balaban J connectivity index is 1.28. The van der Waals surface area contributed by atoms with E-state index < -0.39 is 15.4 Å². The normalized spacial score (nSPS) is 20.6. The summed E-state index contributed by atoms with van der Waals surface area (Å²) in [5.74, 6) is 0. The Morgan fingerprint density at radius 3 is 2.86 bits per heavy atom. The van der Waals surface area contributed by atoms with Crippen LogP contribution in [0.5, 0.6) is 0 Å². The summed E-state index contributed by atoms with van der Waals surface area (Å²) in [6, 6.07) is 16.8. The van der Waals surface area contributed by atoms with Gasteiger partial charge in [0.15, 0.2) is 0 Å². The first-order valence-corrected chi connectivity index (χ1v) is 14.1. The minimum Gasteiger partial charge on any atom is -0.393 e. The maximum absolute atomic E-state index is 13.0. The summed E-state index contributed by atoms with van der Waals surface area (Å²) in [7, 11) is -3.69. The molecule has 3 N–H and O–H groups in total. The van der Waals surface area contributed by atoms with Gasteiger partial charge in [0, 0.05) is 30.5 Å². The third-order valence-electron chi connectivity index (χ3n) is 7.17. The van der Waals surface area contributed by atoms with Crippen molar-refractivity contribution in [2.24, 2.45) is 11.1 Å². The summed E-state index contributed by atoms with van der Waals surface area (Å²) >= 11 is 5.60. The van der Waals surface area contributed by atoms with Crippen molar-refractivity contribution in [1.29, 1.82) is 0 Å². The molecule has 0 spiro atoms. The van der Waals surface area contributed by atoms with Gasteiger partial charge in [0.2, 0.25) is 10.0 Å². The topological polar surface area (TPSA) is 98.7 Å². The predicted octanol–water partition coefficient (Wildman–Crippen LogP) is 4.24. The number of hydrogen-bond donors (Lipinski definition) is 2. The van der Waals surface area contributed by atoms with Crippen LogP contribution in [0.15, 0.2) is 78.1 Å². The molecule has 2 aromatic heterocycles. The molecule has 0 radical (unpaired) electrons. The fourth-order valence-electron chi connectivity index (χ4n) is 5.34. The number of pyridine rings is 1. The average Bonchev–Trinajstić information content (AvgIpc) is 3.35. The van der Waals surface area contributed by atoms with Crippen molar-refractivity contribution in [2.45, 2.75) is 43.1 Å². The molecule has 0 aliphatic heterocycles. The molecule has 2 atom stereocenters. The van der Waals surface area contributed by atoms with E-state index in [4.69, 9.17) is 22.7 Å². The van der Waals surface area contributed by atoms with Crippen molar-refractivity contribution in [2.75, 3.05) is 13.2 Å². The van der Waals surface area contributed by atoms with E-state index in [1.165, 1.54) is 0 Å². The van der Waals surface area contributed by atoms with Crippen LogP contribution in [0, 0.1) is 5.41 Å². The van der Waals surface area contributed by atoms with E-state index in [9.17, 15) is 8.42 Å². The molecule has 0 saturated heterocycles.